The molecule has 0 bridgehead atoms. The van der Waals surface area contributed by atoms with Gasteiger partial charge in [-0.1, -0.05) is 103 Å². The summed E-state index contributed by atoms with van der Waals surface area (Å²) < 4.78 is 22.1. The van der Waals surface area contributed by atoms with E-state index in [2.05, 4.69) is 89.2 Å². The van der Waals surface area contributed by atoms with Crippen LogP contribution >= 0.6 is 21.6 Å². The maximum Gasteiger partial charge on any atom is 0.280 e. The fourth-order valence-electron chi connectivity index (χ4n) is 5.57. The Morgan fingerprint density at radius 3 is 2.38 bits per heavy atom. The Kier molecular flexibility index (Phi) is 10.1. The van der Waals surface area contributed by atoms with Crippen LogP contribution in [-0.2, 0) is 13.9 Å². The van der Waals surface area contributed by atoms with Gasteiger partial charge in [-0.3, -0.25) is 14.3 Å². The highest BCUT2D eigenvalue weighted by Gasteiger charge is 2.50. The summed E-state index contributed by atoms with van der Waals surface area (Å²) in [6, 6.07) is 21.0. The molecule has 2 aromatic heterocycles. The number of hydrogen-bond donors (Lipinski definition) is 1. The molecular formula is C32H40N6O4S2Si. The van der Waals surface area contributed by atoms with Crippen molar-refractivity contribution in [3.8, 4) is 0 Å². The Morgan fingerprint density at radius 2 is 1.80 bits per heavy atom. The normalized spacial score (nSPS) is 16.4. The molecule has 1 N–H and O–H groups in total. The van der Waals surface area contributed by atoms with Crippen LogP contribution < -0.4 is 15.9 Å². The summed E-state index contributed by atoms with van der Waals surface area (Å²) in [5.41, 5.74) is 0.114. The number of aromatic amines is 1. The SMILES string of the molecule is CSS[C@@H](C)OC1=C(CO[Si](c2ccccc2)(c2ccccc2)C(C)(C)C)OC(n2cnc3c(=O)[nH]c(N=CN(C)C)nc32)C1. The molecule has 2 atom stereocenters. The van der Waals surface area contributed by atoms with Crippen LogP contribution in [0.15, 0.2) is 88.3 Å². The van der Waals surface area contributed by atoms with E-state index in [1.165, 1.54) is 10.4 Å². The molecule has 4 aromatic rings. The number of ether oxygens (including phenoxy) is 2. The lowest BCUT2D eigenvalue weighted by Gasteiger charge is -2.43. The average Bonchev–Trinajstić information content (AvgIpc) is 3.61. The standard InChI is InChI=1S/C32H40N6O4S2Si/c1-22(44-43-7)41-25-18-27(38-21-33-28-29(38)35-31(36-30(28)39)34-20-37(5)6)42-26(25)19-40-45(32(2,3)4,23-14-10-8-11-15-23)24-16-12-9-13-17-24/h8-17,20-22,27H,18-19H2,1-7H3,(H,35,36,39)/t22-,27?/m0/s1. The third-order valence-electron chi connectivity index (χ3n) is 7.47. The van der Waals surface area contributed by atoms with Gasteiger partial charge in [0, 0.05) is 14.1 Å². The minimum Gasteiger partial charge on any atom is -0.480 e. The van der Waals surface area contributed by atoms with E-state index in [-0.39, 0.29) is 34.1 Å². The van der Waals surface area contributed by atoms with Crippen LogP contribution in [0.1, 0.15) is 40.3 Å². The van der Waals surface area contributed by atoms with Gasteiger partial charge in [0.15, 0.2) is 28.6 Å². The van der Waals surface area contributed by atoms with Gasteiger partial charge in [-0.05, 0) is 28.6 Å². The topological polar surface area (TPSA) is 107 Å². The zero-order chi connectivity index (χ0) is 32.2. The van der Waals surface area contributed by atoms with Crippen molar-refractivity contribution >= 4 is 63.7 Å². The second-order valence-corrected chi connectivity index (χ2v) is 19.0. The molecule has 238 valence electrons. The molecule has 10 nitrogen and oxygen atoms in total. The highest BCUT2D eigenvalue weighted by Crippen LogP contribution is 2.40. The molecule has 45 heavy (non-hydrogen) atoms. The smallest absolute Gasteiger partial charge is 0.280 e. The summed E-state index contributed by atoms with van der Waals surface area (Å²) in [5, 5.41) is 2.16. The number of benzene rings is 2. The second kappa shape index (κ2) is 13.9. The molecule has 1 aliphatic rings. The van der Waals surface area contributed by atoms with Gasteiger partial charge in [-0.25, -0.2) is 9.98 Å². The number of H-pyrrole nitrogens is 1. The Balaban J connectivity index is 1.53. The lowest BCUT2D eigenvalue weighted by atomic mass is 10.2. The van der Waals surface area contributed by atoms with Gasteiger partial charge < -0.3 is 18.8 Å². The second-order valence-electron chi connectivity index (χ2n) is 11.9. The summed E-state index contributed by atoms with van der Waals surface area (Å²) in [6.07, 6.45) is 5.08. The van der Waals surface area contributed by atoms with Gasteiger partial charge in [0.25, 0.3) is 13.9 Å². The first kappa shape index (κ1) is 32.9. The van der Waals surface area contributed by atoms with Crippen LogP contribution in [-0.4, -0.2) is 71.5 Å². The van der Waals surface area contributed by atoms with Gasteiger partial charge in [0.1, 0.15) is 12.1 Å². The number of rotatable bonds is 12. The monoisotopic (exact) mass is 664 g/mol. The van der Waals surface area contributed by atoms with Crippen LogP contribution in [0.5, 0.6) is 0 Å². The van der Waals surface area contributed by atoms with Crippen molar-refractivity contribution in [3.05, 3.63) is 88.9 Å². The minimum atomic E-state index is -2.84. The van der Waals surface area contributed by atoms with E-state index in [0.717, 1.165) is 0 Å². The fraction of sp³-hybridized carbons (Fsp3) is 0.375. The maximum atomic E-state index is 12.8. The van der Waals surface area contributed by atoms with Crippen LogP contribution in [0.3, 0.4) is 0 Å². The quantitative estimate of drug-likeness (QED) is 0.0699. The zero-order valence-electron chi connectivity index (χ0n) is 26.7. The van der Waals surface area contributed by atoms with Crippen molar-refractivity contribution in [2.24, 2.45) is 4.99 Å². The highest BCUT2D eigenvalue weighted by atomic mass is 33.1. The van der Waals surface area contributed by atoms with E-state index in [0.29, 0.717) is 23.6 Å². The van der Waals surface area contributed by atoms with E-state index >= 15 is 0 Å². The summed E-state index contributed by atoms with van der Waals surface area (Å²) >= 11 is 0. The zero-order valence-corrected chi connectivity index (χ0v) is 29.3. The molecule has 0 spiro atoms. The van der Waals surface area contributed by atoms with Gasteiger partial charge in [-0.15, -0.1) is 0 Å². The molecule has 1 unspecified atom stereocenters. The molecule has 0 saturated heterocycles. The van der Waals surface area contributed by atoms with Crippen molar-refractivity contribution in [2.75, 3.05) is 27.0 Å². The molecular weight excluding hydrogens is 625 g/mol. The van der Waals surface area contributed by atoms with Gasteiger partial charge in [-0.2, -0.15) is 4.98 Å². The molecule has 0 saturated carbocycles. The van der Waals surface area contributed by atoms with Gasteiger partial charge in [0.2, 0.25) is 5.95 Å². The molecule has 0 amide bonds. The first-order valence-electron chi connectivity index (χ1n) is 14.7. The summed E-state index contributed by atoms with van der Waals surface area (Å²) in [4.78, 5) is 30.5. The Morgan fingerprint density at radius 1 is 1.16 bits per heavy atom. The maximum absolute atomic E-state index is 12.8. The number of hydrogen-bond acceptors (Lipinski definition) is 9. The molecule has 3 heterocycles. The van der Waals surface area contributed by atoms with E-state index in [1.807, 2.05) is 39.4 Å². The van der Waals surface area contributed by atoms with Crippen molar-refractivity contribution in [3.63, 3.8) is 0 Å². The number of nitrogens with zero attached hydrogens (tertiary/aromatic N) is 5. The number of imidazole rings is 1. The molecule has 0 radical (unpaired) electrons. The molecule has 1 aliphatic heterocycles. The van der Waals surface area contributed by atoms with Crippen molar-refractivity contribution in [1.82, 2.24) is 24.4 Å². The van der Waals surface area contributed by atoms with Crippen LogP contribution in [0.25, 0.3) is 11.2 Å². The van der Waals surface area contributed by atoms with Crippen LogP contribution in [0.2, 0.25) is 5.04 Å². The predicted molar refractivity (Wildman–Crippen MR) is 187 cm³/mol. The number of aromatic nitrogens is 4. The third-order valence-corrected chi connectivity index (χ3v) is 14.4. The molecule has 5 rings (SSSR count). The van der Waals surface area contributed by atoms with Crippen molar-refractivity contribution < 1.29 is 13.9 Å². The largest absolute Gasteiger partial charge is 0.480 e. The Hall–Kier alpha value is -3.52. The van der Waals surface area contributed by atoms with Crippen molar-refractivity contribution in [2.45, 2.75) is 50.8 Å². The number of nitrogens with one attached hydrogen (secondary N) is 1. The van der Waals surface area contributed by atoms with Crippen LogP contribution in [0.4, 0.5) is 5.95 Å². The first-order valence-corrected chi connectivity index (χ1v) is 19.2. The van der Waals surface area contributed by atoms with Crippen molar-refractivity contribution in [1.29, 1.82) is 0 Å². The third kappa shape index (κ3) is 7.01. The molecule has 2 aromatic carbocycles. The lowest BCUT2D eigenvalue weighted by molar-refractivity contribution is 0.0676. The van der Waals surface area contributed by atoms with Crippen LogP contribution in [0, 0.1) is 0 Å². The predicted octanol–water partition coefficient (Wildman–Crippen LogP) is 5.42. The van der Waals surface area contributed by atoms with E-state index < -0.39 is 14.5 Å². The molecule has 0 fully saturated rings. The highest BCUT2D eigenvalue weighted by molar-refractivity contribution is 8.76. The molecule has 13 heteroatoms. The summed E-state index contributed by atoms with van der Waals surface area (Å²) in [7, 11) is 4.12. The summed E-state index contributed by atoms with van der Waals surface area (Å²) in [5.74, 6) is 1.52. The molecule has 0 aliphatic carbocycles. The van der Waals surface area contributed by atoms with E-state index in [9.17, 15) is 4.79 Å². The lowest BCUT2D eigenvalue weighted by Crippen LogP contribution is -2.66. The fourth-order valence-corrected chi connectivity index (χ4v) is 11.4. The number of aliphatic imine (C=N–C) groups is 1. The summed E-state index contributed by atoms with van der Waals surface area (Å²) in [6.45, 7) is 8.98. The average molecular weight is 665 g/mol. The minimum absolute atomic E-state index is 0.118. The van der Waals surface area contributed by atoms with E-state index in [4.69, 9.17) is 13.9 Å². The van der Waals surface area contributed by atoms with Gasteiger partial charge >= 0.3 is 0 Å². The van der Waals surface area contributed by atoms with Gasteiger partial charge in [0.05, 0.1) is 19.4 Å². The Labute approximate surface area is 272 Å². The van der Waals surface area contributed by atoms with E-state index in [1.54, 1.807) is 43.7 Å². The Bertz CT molecular complexity index is 1680. The first-order chi connectivity index (χ1) is 21.5. The number of fused-ring (bicyclic) bond motifs is 1.